The molecule has 0 aromatic heterocycles. The van der Waals surface area contributed by atoms with Crippen LogP contribution in [-0.2, 0) is 11.2 Å². The van der Waals surface area contributed by atoms with Crippen LogP contribution in [0.15, 0.2) is 24.3 Å². The molecular formula is C24H36N2O. The average Bonchev–Trinajstić information content (AvgIpc) is 3.02. The number of amides is 1. The number of carbonyl (C=O) groups is 1. The van der Waals surface area contributed by atoms with Crippen LogP contribution in [0.1, 0.15) is 62.5 Å². The molecule has 0 unspecified atom stereocenters. The van der Waals surface area contributed by atoms with Gasteiger partial charge >= 0.3 is 0 Å². The molecule has 148 valence electrons. The van der Waals surface area contributed by atoms with E-state index in [0.29, 0.717) is 11.5 Å². The van der Waals surface area contributed by atoms with Gasteiger partial charge in [-0.1, -0.05) is 31.2 Å². The molecule has 1 amide bonds. The molecule has 4 rings (SSSR count). The van der Waals surface area contributed by atoms with Crippen LogP contribution in [0.25, 0.3) is 0 Å². The Labute approximate surface area is 165 Å². The van der Waals surface area contributed by atoms with E-state index in [9.17, 15) is 4.79 Å². The van der Waals surface area contributed by atoms with E-state index in [0.717, 1.165) is 43.7 Å². The average molecular weight is 369 g/mol. The first-order valence-corrected chi connectivity index (χ1v) is 11.0. The Morgan fingerprint density at radius 1 is 1.11 bits per heavy atom. The van der Waals surface area contributed by atoms with Crippen molar-refractivity contribution >= 4 is 6.41 Å². The number of rotatable bonds is 6. The van der Waals surface area contributed by atoms with Crippen molar-refractivity contribution in [2.45, 2.75) is 63.8 Å². The lowest BCUT2D eigenvalue weighted by molar-refractivity contribution is -0.124. The summed E-state index contributed by atoms with van der Waals surface area (Å²) >= 11 is 0. The summed E-state index contributed by atoms with van der Waals surface area (Å²) in [5.41, 5.74) is 3.54. The summed E-state index contributed by atoms with van der Waals surface area (Å²) < 4.78 is 0. The summed E-state index contributed by atoms with van der Waals surface area (Å²) in [7, 11) is 4.22. The standard InChI is InChI=1S/C24H36N2O/c1-24-14-13-20-19-8-5-4-7-18(19)9-10-21(20)22(24)11-12-23(24)26(17-27)16-6-15-25(2)3/h4-5,7-8,17,20-23H,6,9-16H2,1-3H3/t20-,21-,22+,23+,24+/m1/s1. The van der Waals surface area contributed by atoms with Gasteiger partial charge in [0.2, 0.25) is 6.41 Å². The van der Waals surface area contributed by atoms with Gasteiger partial charge in [0, 0.05) is 12.6 Å². The van der Waals surface area contributed by atoms with Crippen molar-refractivity contribution in [3.05, 3.63) is 35.4 Å². The van der Waals surface area contributed by atoms with Gasteiger partial charge in [-0.05, 0) is 99.9 Å². The predicted molar refractivity (Wildman–Crippen MR) is 111 cm³/mol. The summed E-state index contributed by atoms with van der Waals surface area (Å²) in [5, 5.41) is 0. The van der Waals surface area contributed by atoms with Gasteiger partial charge in [0.1, 0.15) is 0 Å². The lowest BCUT2D eigenvalue weighted by Gasteiger charge is -2.52. The molecule has 27 heavy (non-hydrogen) atoms. The van der Waals surface area contributed by atoms with E-state index in [4.69, 9.17) is 0 Å². The normalized spacial score (nSPS) is 34.7. The molecule has 3 heteroatoms. The number of aryl methyl sites for hydroxylation is 1. The van der Waals surface area contributed by atoms with Crippen molar-refractivity contribution < 1.29 is 4.79 Å². The van der Waals surface area contributed by atoms with Gasteiger partial charge in [-0.3, -0.25) is 4.79 Å². The summed E-state index contributed by atoms with van der Waals surface area (Å²) in [6.45, 7) is 4.47. The highest BCUT2D eigenvalue weighted by Crippen LogP contribution is 2.61. The molecule has 3 aliphatic rings. The summed E-state index contributed by atoms with van der Waals surface area (Å²) in [5.74, 6) is 2.36. The Bertz CT molecular complexity index is 672. The molecule has 0 bridgehead atoms. The van der Waals surface area contributed by atoms with Crippen LogP contribution >= 0.6 is 0 Å². The molecule has 1 aromatic rings. The van der Waals surface area contributed by atoms with Gasteiger partial charge in [0.25, 0.3) is 0 Å². The third-order valence-electron chi connectivity index (χ3n) is 8.15. The maximum atomic E-state index is 11.9. The molecule has 1 aromatic carbocycles. The Balaban J connectivity index is 1.51. The third-order valence-corrected chi connectivity index (χ3v) is 8.15. The highest BCUT2D eigenvalue weighted by atomic mass is 16.1. The molecule has 2 saturated carbocycles. The molecule has 0 N–H and O–H groups in total. The van der Waals surface area contributed by atoms with Crippen molar-refractivity contribution in [1.82, 2.24) is 9.80 Å². The number of fused-ring (bicyclic) bond motifs is 5. The molecule has 2 fully saturated rings. The molecular weight excluding hydrogens is 332 g/mol. The van der Waals surface area contributed by atoms with Crippen LogP contribution in [0.3, 0.4) is 0 Å². The van der Waals surface area contributed by atoms with Crippen LogP contribution in [0.2, 0.25) is 0 Å². The third kappa shape index (κ3) is 3.33. The van der Waals surface area contributed by atoms with Gasteiger partial charge in [-0.25, -0.2) is 0 Å². The van der Waals surface area contributed by atoms with Crippen molar-refractivity contribution in [3.8, 4) is 0 Å². The van der Waals surface area contributed by atoms with E-state index < -0.39 is 0 Å². The zero-order valence-electron chi connectivity index (χ0n) is 17.4. The SMILES string of the molecule is CN(C)CCCN(C=O)[C@H]1CC[C@H]2[C@@H]3CCc4ccccc4[C@H]3CC[C@]12C. The molecule has 0 heterocycles. The maximum Gasteiger partial charge on any atom is 0.209 e. The largest absolute Gasteiger partial charge is 0.342 e. The first kappa shape index (κ1) is 19.0. The smallest absolute Gasteiger partial charge is 0.209 e. The van der Waals surface area contributed by atoms with E-state index in [2.05, 4.69) is 55.1 Å². The Kier molecular flexibility index (Phi) is 5.33. The maximum absolute atomic E-state index is 11.9. The lowest BCUT2D eigenvalue weighted by Crippen LogP contribution is -2.50. The number of hydrogen-bond donors (Lipinski definition) is 0. The first-order valence-electron chi connectivity index (χ1n) is 11.0. The molecule has 0 aliphatic heterocycles. The van der Waals surface area contributed by atoms with Gasteiger partial charge in [-0.2, -0.15) is 0 Å². The highest BCUT2D eigenvalue weighted by molar-refractivity contribution is 5.48. The van der Waals surface area contributed by atoms with Crippen molar-refractivity contribution in [1.29, 1.82) is 0 Å². The predicted octanol–water partition coefficient (Wildman–Crippen LogP) is 4.32. The fourth-order valence-corrected chi connectivity index (χ4v) is 6.89. The van der Waals surface area contributed by atoms with Crippen LogP contribution in [0, 0.1) is 17.3 Å². The second-order valence-electron chi connectivity index (χ2n) is 9.75. The molecule has 0 radical (unpaired) electrons. The second kappa shape index (κ2) is 7.58. The van der Waals surface area contributed by atoms with Crippen LogP contribution in [0.4, 0.5) is 0 Å². The molecule has 5 atom stereocenters. The molecule has 0 saturated heterocycles. The number of hydrogen-bond acceptors (Lipinski definition) is 2. The summed E-state index contributed by atoms with van der Waals surface area (Å²) in [6.07, 6.45) is 9.89. The highest BCUT2D eigenvalue weighted by Gasteiger charge is 2.55. The van der Waals surface area contributed by atoms with E-state index in [-0.39, 0.29) is 0 Å². The fraction of sp³-hybridized carbons (Fsp3) is 0.708. The zero-order valence-corrected chi connectivity index (χ0v) is 17.4. The molecule has 3 nitrogen and oxygen atoms in total. The number of benzene rings is 1. The monoisotopic (exact) mass is 368 g/mol. The van der Waals surface area contributed by atoms with Gasteiger partial charge in [-0.15, -0.1) is 0 Å². The Morgan fingerprint density at radius 2 is 1.93 bits per heavy atom. The second-order valence-corrected chi connectivity index (χ2v) is 9.75. The van der Waals surface area contributed by atoms with Crippen LogP contribution in [0.5, 0.6) is 0 Å². The fourth-order valence-electron chi connectivity index (χ4n) is 6.89. The van der Waals surface area contributed by atoms with E-state index in [1.54, 1.807) is 11.1 Å². The molecule has 3 aliphatic carbocycles. The lowest BCUT2D eigenvalue weighted by atomic mass is 9.55. The number of nitrogens with zero attached hydrogens (tertiary/aromatic N) is 2. The van der Waals surface area contributed by atoms with Crippen LogP contribution in [-0.4, -0.2) is 49.4 Å². The van der Waals surface area contributed by atoms with E-state index in [1.807, 2.05) is 0 Å². The van der Waals surface area contributed by atoms with Gasteiger partial charge in [0.05, 0.1) is 0 Å². The number of carbonyl (C=O) groups excluding carboxylic acids is 1. The van der Waals surface area contributed by atoms with E-state index >= 15 is 0 Å². The van der Waals surface area contributed by atoms with Crippen molar-refractivity contribution in [2.75, 3.05) is 27.2 Å². The minimum atomic E-state index is 0.312. The van der Waals surface area contributed by atoms with Gasteiger partial charge in [0.15, 0.2) is 0 Å². The first-order chi connectivity index (χ1) is 13.0. The molecule has 0 spiro atoms. The Hall–Kier alpha value is -1.35. The Morgan fingerprint density at radius 3 is 2.70 bits per heavy atom. The van der Waals surface area contributed by atoms with E-state index in [1.165, 1.54) is 38.5 Å². The summed E-state index contributed by atoms with van der Waals surface area (Å²) in [6, 6.07) is 9.61. The van der Waals surface area contributed by atoms with Crippen molar-refractivity contribution in [3.63, 3.8) is 0 Å². The minimum Gasteiger partial charge on any atom is -0.342 e. The van der Waals surface area contributed by atoms with Crippen molar-refractivity contribution in [2.24, 2.45) is 17.3 Å². The summed E-state index contributed by atoms with van der Waals surface area (Å²) in [4.78, 5) is 16.3. The minimum absolute atomic E-state index is 0.312. The topological polar surface area (TPSA) is 23.6 Å². The quantitative estimate of drug-likeness (QED) is 0.698. The zero-order chi connectivity index (χ0) is 19.0. The van der Waals surface area contributed by atoms with Crippen LogP contribution < -0.4 is 0 Å². The van der Waals surface area contributed by atoms with Gasteiger partial charge < -0.3 is 9.80 Å².